The van der Waals surface area contributed by atoms with E-state index in [2.05, 4.69) is 5.32 Å². The van der Waals surface area contributed by atoms with E-state index in [1.54, 1.807) is 12.1 Å². The fraction of sp³-hybridized carbons (Fsp3) is 0.571. The van der Waals surface area contributed by atoms with Gasteiger partial charge in [0.25, 0.3) is 0 Å². The molecule has 154 valence electrons. The summed E-state index contributed by atoms with van der Waals surface area (Å²) in [4.78, 5) is 34.9. The van der Waals surface area contributed by atoms with E-state index in [4.69, 9.17) is 14.2 Å². The first kappa shape index (κ1) is 21.9. The van der Waals surface area contributed by atoms with Crippen LogP contribution in [-0.2, 0) is 23.9 Å². The summed E-state index contributed by atoms with van der Waals surface area (Å²) < 4.78 is 16.7. The number of hydrogen-bond acceptors (Lipinski definition) is 6. The molecule has 0 aromatic heterocycles. The number of benzene rings is 1. The number of rotatable bonds is 12. The molecule has 0 heterocycles. The second kappa shape index (κ2) is 12.1. The molecule has 0 saturated heterocycles. The van der Waals surface area contributed by atoms with Crippen molar-refractivity contribution in [1.82, 2.24) is 5.32 Å². The number of carbonyl (C=O) groups is 3. The molecule has 1 aliphatic rings. The fourth-order valence-corrected chi connectivity index (χ4v) is 2.92. The van der Waals surface area contributed by atoms with Gasteiger partial charge in [-0.15, -0.1) is 0 Å². The number of amides is 1. The minimum Gasteiger partial charge on any atom is -0.482 e. The third-order valence-electron chi connectivity index (χ3n) is 4.45. The summed E-state index contributed by atoms with van der Waals surface area (Å²) in [7, 11) is 0. The molecule has 1 fully saturated rings. The van der Waals surface area contributed by atoms with Crippen LogP contribution in [0.15, 0.2) is 30.3 Å². The minimum atomic E-state index is -0.603. The number of ketones is 1. The van der Waals surface area contributed by atoms with Crippen LogP contribution in [0.2, 0.25) is 0 Å². The Labute approximate surface area is 165 Å². The number of ether oxygens (including phenoxy) is 3. The van der Waals surface area contributed by atoms with E-state index >= 15 is 0 Å². The van der Waals surface area contributed by atoms with Crippen molar-refractivity contribution >= 4 is 17.7 Å². The van der Waals surface area contributed by atoms with Crippen molar-refractivity contribution in [3.8, 4) is 5.75 Å². The lowest BCUT2D eigenvalue weighted by Gasteiger charge is -2.21. The smallest absolute Gasteiger partial charge is 0.344 e. The van der Waals surface area contributed by atoms with Crippen LogP contribution in [0.4, 0.5) is 0 Å². The van der Waals surface area contributed by atoms with Gasteiger partial charge in [0.2, 0.25) is 5.91 Å². The van der Waals surface area contributed by atoms with Gasteiger partial charge in [-0.3, -0.25) is 4.79 Å². The maximum atomic E-state index is 12.1. The number of esters is 1. The Balaban J connectivity index is 1.78. The molecular formula is C21H29NO6. The Morgan fingerprint density at radius 1 is 1.11 bits per heavy atom. The Kier molecular flexibility index (Phi) is 9.48. The number of hydrogen-bond donors (Lipinski definition) is 1. The van der Waals surface area contributed by atoms with Gasteiger partial charge in [-0.1, -0.05) is 31.0 Å². The molecule has 7 nitrogen and oxygen atoms in total. The average molecular weight is 391 g/mol. The number of para-hydroxylation sites is 1. The van der Waals surface area contributed by atoms with Gasteiger partial charge < -0.3 is 24.3 Å². The first-order valence-corrected chi connectivity index (χ1v) is 9.78. The maximum Gasteiger partial charge on any atom is 0.344 e. The summed E-state index contributed by atoms with van der Waals surface area (Å²) in [5, 5.41) is 2.70. The molecule has 7 heteroatoms. The molecule has 0 radical (unpaired) electrons. The second-order valence-corrected chi connectivity index (χ2v) is 6.96. The monoisotopic (exact) mass is 391 g/mol. The van der Waals surface area contributed by atoms with Crippen LogP contribution in [-0.4, -0.2) is 49.6 Å². The highest BCUT2D eigenvalue weighted by Crippen LogP contribution is 2.21. The molecule has 1 saturated carbocycles. The molecule has 1 amide bonds. The number of nitrogens with one attached hydrogen (secondary N) is 1. The summed E-state index contributed by atoms with van der Waals surface area (Å²) in [6.07, 6.45) is 4.18. The van der Waals surface area contributed by atoms with E-state index < -0.39 is 12.1 Å². The van der Waals surface area contributed by atoms with Crippen molar-refractivity contribution < 1.29 is 28.6 Å². The van der Waals surface area contributed by atoms with E-state index in [-0.39, 0.29) is 50.4 Å². The maximum absolute atomic E-state index is 12.1. The predicted octanol–water partition coefficient (Wildman–Crippen LogP) is 2.42. The van der Waals surface area contributed by atoms with Crippen LogP contribution in [0.3, 0.4) is 0 Å². The zero-order valence-corrected chi connectivity index (χ0v) is 16.4. The third-order valence-corrected chi connectivity index (χ3v) is 4.45. The Morgan fingerprint density at radius 3 is 2.50 bits per heavy atom. The lowest BCUT2D eigenvalue weighted by atomic mass is 10.2. The number of carbonyl (C=O) groups excluding carboxylic acids is 3. The van der Waals surface area contributed by atoms with Gasteiger partial charge in [0, 0.05) is 12.8 Å². The Bertz CT molecular complexity index is 627. The first-order valence-electron chi connectivity index (χ1n) is 9.78. The summed E-state index contributed by atoms with van der Waals surface area (Å²) in [5.41, 5.74) is 0. The number of Topliss-reactive ketones (excluding diaryl/α,β-unsaturated/α-hetero) is 1. The normalized spacial score (nSPS) is 15.0. The third kappa shape index (κ3) is 8.99. The lowest BCUT2D eigenvalue weighted by Crippen LogP contribution is -2.39. The highest BCUT2D eigenvalue weighted by Gasteiger charge is 2.21. The molecule has 1 aromatic carbocycles. The molecule has 0 aliphatic heterocycles. The van der Waals surface area contributed by atoms with Crippen LogP contribution >= 0.6 is 0 Å². The van der Waals surface area contributed by atoms with Crippen LogP contribution in [0, 0.1) is 0 Å². The van der Waals surface area contributed by atoms with E-state index in [9.17, 15) is 14.4 Å². The van der Waals surface area contributed by atoms with Gasteiger partial charge in [0.1, 0.15) is 17.6 Å². The summed E-state index contributed by atoms with van der Waals surface area (Å²) in [5.74, 6) is -0.240. The summed E-state index contributed by atoms with van der Waals surface area (Å²) >= 11 is 0. The van der Waals surface area contributed by atoms with Crippen molar-refractivity contribution in [1.29, 1.82) is 0 Å². The molecule has 1 N–H and O–H groups in total. The van der Waals surface area contributed by atoms with Gasteiger partial charge in [-0.2, -0.15) is 0 Å². The molecule has 1 atom stereocenters. The predicted molar refractivity (Wildman–Crippen MR) is 103 cm³/mol. The molecule has 1 aliphatic carbocycles. The van der Waals surface area contributed by atoms with E-state index in [0.29, 0.717) is 5.75 Å². The van der Waals surface area contributed by atoms with Gasteiger partial charge in [0.15, 0.2) is 6.61 Å². The lowest BCUT2D eigenvalue weighted by molar-refractivity contribution is -0.156. The van der Waals surface area contributed by atoms with Gasteiger partial charge in [-0.05, 0) is 31.9 Å². The fourth-order valence-electron chi connectivity index (χ4n) is 2.92. The van der Waals surface area contributed by atoms with Crippen LogP contribution in [0.1, 0.15) is 45.4 Å². The van der Waals surface area contributed by atoms with Crippen molar-refractivity contribution in [2.45, 2.75) is 57.7 Å². The highest BCUT2D eigenvalue weighted by molar-refractivity contribution is 5.83. The largest absolute Gasteiger partial charge is 0.482 e. The molecule has 28 heavy (non-hydrogen) atoms. The summed E-state index contributed by atoms with van der Waals surface area (Å²) in [6, 6.07) is 8.99. The summed E-state index contributed by atoms with van der Waals surface area (Å²) in [6.45, 7) is 1.58. The van der Waals surface area contributed by atoms with Crippen molar-refractivity contribution in [3.05, 3.63) is 30.3 Å². The topological polar surface area (TPSA) is 90.9 Å². The van der Waals surface area contributed by atoms with Crippen molar-refractivity contribution in [2.75, 3.05) is 19.8 Å². The second-order valence-electron chi connectivity index (χ2n) is 6.96. The van der Waals surface area contributed by atoms with Gasteiger partial charge >= 0.3 is 5.97 Å². The van der Waals surface area contributed by atoms with Gasteiger partial charge in [-0.25, -0.2) is 4.79 Å². The van der Waals surface area contributed by atoms with Gasteiger partial charge in [0.05, 0.1) is 19.3 Å². The molecule has 2 rings (SSSR count). The molecule has 1 aromatic rings. The van der Waals surface area contributed by atoms with E-state index in [1.165, 1.54) is 6.92 Å². The highest BCUT2D eigenvalue weighted by atomic mass is 16.6. The van der Waals surface area contributed by atoms with E-state index in [0.717, 1.165) is 25.7 Å². The average Bonchev–Trinajstić information content (AvgIpc) is 3.21. The standard InChI is InChI=1S/C21H29NO6/c1-16(23)11-12-20(24)22-13-19(14-26-17-9-5-6-10-17)28-21(25)15-27-18-7-3-2-4-8-18/h2-4,7-8,17,19H,5-6,9-15H2,1H3,(H,22,24). The molecular weight excluding hydrogens is 362 g/mol. The van der Waals surface area contributed by atoms with Crippen LogP contribution in [0.25, 0.3) is 0 Å². The Hall–Kier alpha value is -2.41. The van der Waals surface area contributed by atoms with Crippen LogP contribution < -0.4 is 10.1 Å². The molecule has 0 spiro atoms. The minimum absolute atomic E-state index is 0.0410. The first-order chi connectivity index (χ1) is 13.5. The Morgan fingerprint density at radius 2 is 1.82 bits per heavy atom. The van der Waals surface area contributed by atoms with Crippen LogP contribution in [0.5, 0.6) is 5.75 Å². The van der Waals surface area contributed by atoms with E-state index in [1.807, 2.05) is 18.2 Å². The zero-order chi connectivity index (χ0) is 20.2. The molecule has 1 unspecified atom stereocenters. The SMILES string of the molecule is CC(=O)CCC(=O)NCC(COC1CCCC1)OC(=O)COc1ccccc1. The zero-order valence-electron chi connectivity index (χ0n) is 16.4. The molecule has 0 bridgehead atoms. The van der Waals surface area contributed by atoms with Crippen molar-refractivity contribution in [2.24, 2.45) is 0 Å². The quantitative estimate of drug-likeness (QED) is 0.550. The van der Waals surface area contributed by atoms with Crippen molar-refractivity contribution in [3.63, 3.8) is 0 Å².